The molecule has 0 fully saturated rings. The van der Waals surface area contributed by atoms with E-state index in [1.165, 1.54) is 5.56 Å². The maximum Gasteiger partial charge on any atom is 0.223 e. The third kappa shape index (κ3) is 2.71. The van der Waals surface area contributed by atoms with Gasteiger partial charge in [-0.1, -0.05) is 37.3 Å². The number of hydrogen-bond donors (Lipinski definition) is 1. The smallest absolute Gasteiger partial charge is 0.223 e. The van der Waals surface area contributed by atoms with E-state index in [-0.39, 0.29) is 5.92 Å². The van der Waals surface area contributed by atoms with Gasteiger partial charge in [-0.05, 0) is 12.0 Å². The topological polar surface area (TPSA) is 64.9 Å². The van der Waals surface area contributed by atoms with Crippen LogP contribution in [0, 0.1) is 0 Å². The Morgan fingerprint density at radius 1 is 1.24 bits per heavy atom. The summed E-state index contributed by atoms with van der Waals surface area (Å²) in [5, 5.41) is 8.11. The van der Waals surface area contributed by atoms with E-state index in [1.54, 1.807) is 0 Å². The molecule has 0 radical (unpaired) electrons. The van der Waals surface area contributed by atoms with Crippen molar-refractivity contribution >= 4 is 0 Å². The largest absolute Gasteiger partial charge is 0.425 e. The molecular formula is C13H17N3O. The molecule has 4 nitrogen and oxygen atoms in total. The number of benzene rings is 1. The summed E-state index contributed by atoms with van der Waals surface area (Å²) in [5.74, 6) is 1.48. The molecule has 0 aliphatic rings. The van der Waals surface area contributed by atoms with Crippen LogP contribution >= 0.6 is 0 Å². The van der Waals surface area contributed by atoms with Crippen molar-refractivity contribution in [1.29, 1.82) is 0 Å². The molecule has 0 spiro atoms. The molecule has 0 aliphatic heterocycles. The van der Waals surface area contributed by atoms with Gasteiger partial charge in [0, 0.05) is 13.0 Å². The van der Waals surface area contributed by atoms with E-state index in [0.29, 0.717) is 24.7 Å². The van der Waals surface area contributed by atoms with Crippen LogP contribution in [0.4, 0.5) is 0 Å². The molecular weight excluding hydrogens is 214 g/mol. The van der Waals surface area contributed by atoms with Crippen LogP contribution in [-0.2, 0) is 6.42 Å². The van der Waals surface area contributed by atoms with Gasteiger partial charge in [0.15, 0.2) is 0 Å². The summed E-state index contributed by atoms with van der Waals surface area (Å²) < 4.78 is 5.63. The quantitative estimate of drug-likeness (QED) is 0.856. The third-order valence-corrected chi connectivity index (χ3v) is 2.75. The Kier molecular flexibility index (Phi) is 3.88. The number of nitrogens with zero attached hydrogens (tertiary/aromatic N) is 2. The average Bonchev–Trinajstić information content (AvgIpc) is 2.81. The van der Waals surface area contributed by atoms with Crippen LogP contribution in [0.2, 0.25) is 0 Å². The summed E-state index contributed by atoms with van der Waals surface area (Å²) in [5.41, 5.74) is 6.67. The van der Waals surface area contributed by atoms with Crippen molar-refractivity contribution in [3.63, 3.8) is 0 Å². The first-order valence-corrected chi connectivity index (χ1v) is 5.92. The summed E-state index contributed by atoms with van der Waals surface area (Å²) in [7, 11) is 0. The second-order valence-corrected chi connectivity index (χ2v) is 3.94. The Morgan fingerprint density at radius 2 is 2.00 bits per heavy atom. The van der Waals surface area contributed by atoms with E-state index in [4.69, 9.17) is 10.2 Å². The Hall–Kier alpha value is -1.68. The molecule has 0 saturated heterocycles. The maximum absolute atomic E-state index is 5.63. The van der Waals surface area contributed by atoms with Crippen molar-refractivity contribution in [2.24, 2.45) is 5.73 Å². The molecule has 2 N–H and O–H groups in total. The number of hydrogen-bond acceptors (Lipinski definition) is 4. The fourth-order valence-corrected chi connectivity index (χ4v) is 1.87. The SMILES string of the molecule is CCC(c1ccccc1)c1nnc(CCN)o1. The van der Waals surface area contributed by atoms with Gasteiger partial charge in [0.2, 0.25) is 11.8 Å². The highest BCUT2D eigenvalue weighted by Gasteiger charge is 2.18. The van der Waals surface area contributed by atoms with E-state index in [0.717, 1.165) is 6.42 Å². The molecule has 2 aromatic rings. The first-order valence-electron chi connectivity index (χ1n) is 5.92. The monoisotopic (exact) mass is 231 g/mol. The highest BCUT2D eigenvalue weighted by molar-refractivity contribution is 5.24. The van der Waals surface area contributed by atoms with Crippen LogP contribution in [0.5, 0.6) is 0 Å². The summed E-state index contributed by atoms with van der Waals surface area (Å²) in [4.78, 5) is 0. The summed E-state index contributed by atoms with van der Waals surface area (Å²) >= 11 is 0. The molecule has 0 saturated carbocycles. The summed E-state index contributed by atoms with van der Waals surface area (Å²) in [6, 6.07) is 10.2. The third-order valence-electron chi connectivity index (χ3n) is 2.75. The van der Waals surface area contributed by atoms with Gasteiger partial charge < -0.3 is 10.2 Å². The standard InChI is InChI=1S/C13H17N3O/c1-2-11(10-6-4-3-5-7-10)13-16-15-12(17-13)8-9-14/h3-7,11H,2,8-9,14H2,1H3. The van der Waals surface area contributed by atoms with E-state index in [1.807, 2.05) is 18.2 Å². The summed E-state index contributed by atoms with van der Waals surface area (Å²) in [6.45, 7) is 2.65. The molecule has 90 valence electrons. The van der Waals surface area contributed by atoms with Crippen LogP contribution in [0.15, 0.2) is 34.7 Å². The van der Waals surface area contributed by atoms with Gasteiger partial charge >= 0.3 is 0 Å². The van der Waals surface area contributed by atoms with Crippen molar-refractivity contribution in [2.45, 2.75) is 25.7 Å². The zero-order valence-electron chi connectivity index (χ0n) is 9.97. The van der Waals surface area contributed by atoms with Crippen LogP contribution in [0.3, 0.4) is 0 Å². The molecule has 1 aromatic carbocycles. The molecule has 1 heterocycles. The molecule has 17 heavy (non-hydrogen) atoms. The fourth-order valence-electron chi connectivity index (χ4n) is 1.87. The van der Waals surface area contributed by atoms with Crippen LogP contribution in [0.1, 0.15) is 36.6 Å². The lowest BCUT2D eigenvalue weighted by molar-refractivity contribution is 0.429. The van der Waals surface area contributed by atoms with Crippen molar-refractivity contribution < 1.29 is 4.42 Å². The normalized spacial score (nSPS) is 12.6. The first-order chi connectivity index (χ1) is 8.35. The van der Waals surface area contributed by atoms with E-state index in [2.05, 4.69) is 29.3 Å². The Labute approximate surface area is 101 Å². The van der Waals surface area contributed by atoms with Gasteiger partial charge in [-0.2, -0.15) is 0 Å². The van der Waals surface area contributed by atoms with Gasteiger partial charge in [-0.25, -0.2) is 0 Å². The lowest BCUT2D eigenvalue weighted by Crippen LogP contribution is -2.02. The first kappa shape index (κ1) is 11.8. The maximum atomic E-state index is 5.63. The minimum absolute atomic E-state index is 0.176. The average molecular weight is 231 g/mol. The minimum atomic E-state index is 0.176. The molecule has 1 unspecified atom stereocenters. The molecule has 1 atom stereocenters. The molecule has 0 aliphatic carbocycles. The van der Waals surface area contributed by atoms with E-state index in [9.17, 15) is 0 Å². The second-order valence-electron chi connectivity index (χ2n) is 3.94. The predicted octanol–water partition coefficient (Wildman–Crippen LogP) is 2.11. The van der Waals surface area contributed by atoms with Crippen LogP contribution < -0.4 is 5.73 Å². The zero-order chi connectivity index (χ0) is 12.1. The van der Waals surface area contributed by atoms with Gasteiger partial charge in [-0.3, -0.25) is 0 Å². The second kappa shape index (κ2) is 5.59. The van der Waals surface area contributed by atoms with Crippen molar-refractivity contribution in [3.8, 4) is 0 Å². The highest BCUT2D eigenvalue weighted by Crippen LogP contribution is 2.26. The van der Waals surface area contributed by atoms with E-state index >= 15 is 0 Å². The molecule has 1 aromatic heterocycles. The number of nitrogens with two attached hydrogens (primary N) is 1. The minimum Gasteiger partial charge on any atom is -0.425 e. The van der Waals surface area contributed by atoms with E-state index < -0.39 is 0 Å². The number of rotatable bonds is 5. The summed E-state index contributed by atoms with van der Waals surface area (Å²) in [6.07, 6.45) is 1.58. The van der Waals surface area contributed by atoms with Crippen LogP contribution in [-0.4, -0.2) is 16.7 Å². The fraction of sp³-hybridized carbons (Fsp3) is 0.385. The Bertz CT molecular complexity index is 453. The van der Waals surface area contributed by atoms with Gasteiger partial charge in [0.1, 0.15) is 0 Å². The predicted molar refractivity (Wildman–Crippen MR) is 65.6 cm³/mol. The Morgan fingerprint density at radius 3 is 2.65 bits per heavy atom. The lowest BCUT2D eigenvalue weighted by Gasteiger charge is -2.10. The van der Waals surface area contributed by atoms with Gasteiger partial charge in [0.05, 0.1) is 5.92 Å². The molecule has 4 heteroatoms. The van der Waals surface area contributed by atoms with Crippen molar-refractivity contribution in [2.75, 3.05) is 6.54 Å². The number of aromatic nitrogens is 2. The molecule has 2 rings (SSSR count). The molecule has 0 amide bonds. The van der Waals surface area contributed by atoms with Crippen LogP contribution in [0.25, 0.3) is 0 Å². The van der Waals surface area contributed by atoms with Gasteiger partial charge in [0.25, 0.3) is 0 Å². The van der Waals surface area contributed by atoms with Crippen molar-refractivity contribution in [1.82, 2.24) is 10.2 Å². The zero-order valence-corrected chi connectivity index (χ0v) is 9.97. The van der Waals surface area contributed by atoms with Gasteiger partial charge in [-0.15, -0.1) is 10.2 Å². The Balaban J connectivity index is 2.23. The lowest BCUT2D eigenvalue weighted by atomic mass is 9.97. The molecule has 0 bridgehead atoms. The van der Waals surface area contributed by atoms with Crippen molar-refractivity contribution in [3.05, 3.63) is 47.7 Å². The highest BCUT2D eigenvalue weighted by atomic mass is 16.4.